The lowest BCUT2D eigenvalue weighted by atomic mass is 10.2. The zero-order valence-electron chi connectivity index (χ0n) is 24.2. The summed E-state index contributed by atoms with van der Waals surface area (Å²) < 4.78 is 16.6. The highest BCUT2D eigenvalue weighted by molar-refractivity contribution is 6.05. The van der Waals surface area contributed by atoms with Gasteiger partial charge in [-0.3, -0.25) is 33.9 Å². The number of methoxy groups -OCH3 is 1. The molecule has 2 rings (SSSR count). The SMILES string of the molecule is CC(C)C(=O)NC(=O)c1ncn([C@H]2CC[C@@H](COC(=O)C(C)C)O2)c1O.CC(C)C(=O)O.COC(=O)C(C)C. The van der Waals surface area contributed by atoms with E-state index < -0.39 is 24.0 Å². The predicted molar refractivity (Wildman–Crippen MR) is 139 cm³/mol. The third kappa shape index (κ3) is 12.7. The highest BCUT2D eigenvalue weighted by Crippen LogP contribution is 2.32. The summed E-state index contributed by atoms with van der Waals surface area (Å²) in [5, 5.41) is 20.4. The average molecular weight is 558 g/mol. The molecular weight excluding hydrogens is 514 g/mol. The molecule has 0 radical (unpaired) electrons. The maximum Gasteiger partial charge on any atom is 0.308 e. The molecule has 1 aromatic rings. The zero-order valence-corrected chi connectivity index (χ0v) is 24.2. The molecule has 1 aliphatic rings. The summed E-state index contributed by atoms with van der Waals surface area (Å²) in [7, 11) is 1.39. The maximum absolute atomic E-state index is 12.0. The number of ether oxygens (including phenoxy) is 3. The van der Waals surface area contributed by atoms with E-state index in [4.69, 9.17) is 14.6 Å². The van der Waals surface area contributed by atoms with Gasteiger partial charge in [-0.1, -0.05) is 55.4 Å². The van der Waals surface area contributed by atoms with Crippen LogP contribution in [0.3, 0.4) is 0 Å². The minimum absolute atomic E-state index is 0.00463. The number of rotatable bonds is 8. The molecule has 2 atom stereocenters. The molecular formula is C26H43N3O10. The Hall–Kier alpha value is -3.48. The fraction of sp³-hybridized carbons (Fsp3) is 0.692. The quantitative estimate of drug-likeness (QED) is 0.399. The lowest BCUT2D eigenvalue weighted by molar-refractivity contribution is -0.152. The summed E-state index contributed by atoms with van der Waals surface area (Å²) in [6, 6.07) is 0. The molecule has 1 aromatic heterocycles. The van der Waals surface area contributed by atoms with Crippen molar-refractivity contribution in [1.82, 2.24) is 14.9 Å². The van der Waals surface area contributed by atoms with Crippen molar-refractivity contribution in [3.8, 4) is 5.88 Å². The number of imidazole rings is 1. The van der Waals surface area contributed by atoms with Gasteiger partial charge in [0.2, 0.25) is 11.8 Å². The van der Waals surface area contributed by atoms with Crippen LogP contribution in [0.4, 0.5) is 0 Å². The first kappa shape index (κ1) is 35.5. The van der Waals surface area contributed by atoms with Gasteiger partial charge in [0.25, 0.3) is 5.91 Å². The van der Waals surface area contributed by atoms with Crippen LogP contribution in [0.15, 0.2) is 6.33 Å². The van der Waals surface area contributed by atoms with Gasteiger partial charge in [-0.05, 0) is 12.8 Å². The van der Waals surface area contributed by atoms with Gasteiger partial charge in [0, 0.05) is 5.92 Å². The van der Waals surface area contributed by atoms with E-state index in [0.717, 1.165) is 0 Å². The molecule has 39 heavy (non-hydrogen) atoms. The minimum atomic E-state index is -0.764. The second-order valence-electron chi connectivity index (χ2n) is 10.0. The van der Waals surface area contributed by atoms with Crippen LogP contribution in [0, 0.1) is 23.7 Å². The molecule has 0 aliphatic carbocycles. The Morgan fingerprint density at radius 1 is 0.974 bits per heavy atom. The van der Waals surface area contributed by atoms with Crippen LogP contribution in [0.1, 0.15) is 84.9 Å². The molecule has 2 amide bonds. The van der Waals surface area contributed by atoms with Gasteiger partial charge in [-0.2, -0.15) is 0 Å². The van der Waals surface area contributed by atoms with Crippen LogP contribution in [0.25, 0.3) is 0 Å². The largest absolute Gasteiger partial charge is 0.493 e. The van der Waals surface area contributed by atoms with Crippen LogP contribution in [-0.2, 0) is 33.4 Å². The molecule has 0 saturated carbocycles. The van der Waals surface area contributed by atoms with Gasteiger partial charge in [0.1, 0.15) is 19.2 Å². The fourth-order valence-electron chi connectivity index (χ4n) is 2.63. The van der Waals surface area contributed by atoms with E-state index in [0.29, 0.717) is 12.8 Å². The van der Waals surface area contributed by atoms with Gasteiger partial charge in [-0.15, -0.1) is 0 Å². The van der Waals surface area contributed by atoms with E-state index in [-0.39, 0.29) is 59.9 Å². The normalized spacial score (nSPS) is 16.2. The van der Waals surface area contributed by atoms with E-state index in [1.54, 1.807) is 55.4 Å². The van der Waals surface area contributed by atoms with Crippen molar-refractivity contribution in [2.75, 3.05) is 13.7 Å². The maximum atomic E-state index is 12.0. The minimum Gasteiger partial charge on any atom is -0.493 e. The van der Waals surface area contributed by atoms with Gasteiger partial charge >= 0.3 is 17.9 Å². The van der Waals surface area contributed by atoms with Crippen molar-refractivity contribution in [3.05, 3.63) is 12.0 Å². The van der Waals surface area contributed by atoms with Crippen molar-refractivity contribution < 1.29 is 48.4 Å². The Bertz CT molecular complexity index is 969. The van der Waals surface area contributed by atoms with E-state index in [1.807, 2.05) is 0 Å². The van der Waals surface area contributed by atoms with Crippen molar-refractivity contribution >= 4 is 29.7 Å². The standard InChI is InChI=1S/C17H25N3O6.C5H10O2.C4H8O2/c1-9(2)14(21)19-15(22)13-16(23)20(8-18-13)12-6-5-11(26-12)7-25-17(24)10(3)4;1-4(2)5(6)7-3;1-3(2)4(5)6/h8-12,23H,5-7H2,1-4H3,(H,19,21,22);4H,1-3H3;3H,1-2H3,(H,5,6)/t11-,12+;;/m0../s1. The molecule has 0 bridgehead atoms. The van der Waals surface area contributed by atoms with Crippen molar-refractivity contribution in [1.29, 1.82) is 0 Å². The molecule has 13 heteroatoms. The fourth-order valence-corrected chi connectivity index (χ4v) is 2.63. The van der Waals surface area contributed by atoms with E-state index in [2.05, 4.69) is 15.0 Å². The Balaban J connectivity index is 0.000000918. The highest BCUT2D eigenvalue weighted by Gasteiger charge is 2.31. The number of amides is 2. The molecule has 0 unspecified atom stereocenters. The van der Waals surface area contributed by atoms with Crippen molar-refractivity contribution in [2.45, 2.75) is 80.6 Å². The van der Waals surface area contributed by atoms with Crippen LogP contribution < -0.4 is 5.32 Å². The molecule has 1 fully saturated rings. The summed E-state index contributed by atoms with van der Waals surface area (Å²) >= 11 is 0. The van der Waals surface area contributed by atoms with Crippen LogP contribution in [0.2, 0.25) is 0 Å². The molecule has 13 nitrogen and oxygen atoms in total. The number of esters is 2. The Morgan fingerprint density at radius 2 is 1.51 bits per heavy atom. The number of aromatic hydroxyl groups is 1. The Morgan fingerprint density at radius 3 is 1.92 bits per heavy atom. The first-order valence-corrected chi connectivity index (χ1v) is 12.8. The van der Waals surface area contributed by atoms with Gasteiger partial charge in [0.15, 0.2) is 5.69 Å². The zero-order chi connectivity index (χ0) is 30.4. The topological polar surface area (TPSA) is 183 Å². The molecule has 1 aliphatic heterocycles. The molecule has 0 spiro atoms. The van der Waals surface area contributed by atoms with E-state index >= 15 is 0 Å². The number of imide groups is 1. The summed E-state index contributed by atoms with van der Waals surface area (Å²) in [6.45, 7) is 13.8. The summed E-state index contributed by atoms with van der Waals surface area (Å²) in [4.78, 5) is 59.0. The third-order valence-electron chi connectivity index (χ3n) is 5.19. The number of hydrogen-bond donors (Lipinski definition) is 3. The third-order valence-corrected chi connectivity index (χ3v) is 5.19. The van der Waals surface area contributed by atoms with Crippen molar-refractivity contribution in [3.63, 3.8) is 0 Å². The summed E-state index contributed by atoms with van der Waals surface area (Å²) in [6.07, 6.45) is 1.69. The van der Waals surface area contributed by atoms with Crippen LogP contribution >= 0.6 is 0 Å². The second kappa shape index (κ2) is 17.2. The number of carbonyl (C=O) groups is 5. The van der Waals surface area contributed by atoms with Crippen LogP contribution in [-0.4, -0.2) is 69.3 Å². The number of carbonyl (C=O) groups excluding carboxylic acids is 4. The molecule has 0 aromatic carbocycles. The number of carboxylic acid groups (broad SMARTS) is 1. The summed E-state index contributed by atoms with van der Waals surface area (Å²) in [5.74, 6) is -3.58. The predicted octanol–water partition coefficient (Wildman–Crippen LogP) is 2.92. The molecule has 3 N–H and O–H groups in total. The second-order valence-corrected chi connectivity index (χ2v) is 10.0. The average Bonchev–Trinajstić information content (AvgIpc) is 3.48. The number of carboxylic acids is 1. The highest BCUT2D eigenvalue weighted by atomic mass is 16.6. The van der Waals surface area contributed by atoms with Crippen molar-refractivity contribution in [2.24, 2.45) is 23.7 Å². The van der Waals surface area contributed by atoms with Gasteiger partial charge in [0.05, 0.1) is 31.0 Å². The number of nitrogens with one attached hydrogen (secondary N) is 1. The number of nitrogens with zero attached hydrogens (tertiary/aromatic N) is 2. The summed E-state index contributed by atoms with van der Waals surface area (Å²) in [5.41, 5.74) is -0.239. The number of aliphatic carboxylic acids is 1. The Labute approximate surface area is 229 Å². The van der Waals surface area contributed by atoms with E-state index in [9.17, 15) is 29.1 Å². The molecule has 1 saturated heterocycles. The molecule has 2 heterocycles. The van der Waals surface area contributed by atoms with Gasteiger partial charge < -0.3 is 24.4 Å². The monoisotopic (exact) mass is 557 g/mol. The Kier molecular flexibility index (Phi) is 15.6. The van der Waals surface area contributed by atoms with Gasteiger partial charge in [-0.25, -0.2) is 4.98 Å². The van der Waals surface area contributed by atoms with Crippen LogP contribution in [0.5, 0.6) is 5.88 Å². The molecule has 222 valence electrons. The smallest absolute Gasteiger partial charge is 0.308 e. The first-order chi connectivity index (χ1) is 18.0. The lowest BCUT2D eigenvalue weighted by Gasteiger charge is -2.16. The number of hydrogen-bond acceptors (Lipinski definition) is 10. The lowest BCUT2D eigenvalue weighted by Crippen LogP contribution is -2.33. The number of aromatic nitrogens is 2. The van der Waals surface area contributed by atoms with E-state index in [1.165, 1.54) is 18.0 Å². The first-order valence-electron chi connectivity index (χ1n) is 12.8.